The van der Waals surface area contributed by atoms with Crippen molar-refractivity contribution in [3.05, 3.63) is 95.2 Å². The summed E-state index contributed by atoms with van der Waals surface area (Å²) in [5.41, 5.74) is 2.74. The molecule has 1 heterocycles. The largest absolute Gasteiger partial charge is 0.490 e. The number of hydrogen-bond acceptors (Lipinski definition) is 5. The normalized spacial score (nSPS) is 14.2. The summed E-state index contributed by atoms with van der Waals surface area (Å²) in [6.07, 6.45) is 2.47. The quantitative estimate of drug-likeness (QED) is 0.146. The van der Waals surface area contributed by atoms with Crippen LogP contribution in [0.15, 0.2) is 71.4 Å². The van der Waals surface area contributed by atoms with Crippen molar-refractivity contribution >= 4 is 74.7 Å². The minimum atomic E-state index is -0.527. The van der Waals surface area contributed by atoms with E-state index in [1.165, 1.54) is 5.56 Å². The van der Waals surface area contributed by atoms with Gasteiger partial charge >= 0.3 is 5.97 Å². The number of carbonyl (C=O) groups excluding carboxylic acids is 1. The van der Waals surface area contributed by atoms with E-state index >= 15 is 0 Å². The highest BCUT2D eigenvalue weighted by molar-refractivity contribution is 14.1. The number of ether oxygens (including phenoxy) is 3. The first-order valence-electron chi connectivity index (χ1n) is 10.6. The van der Waals surface area contributed by atoms with Gasteiger partial charge in [-0.05, 0) is 99.6 Å². The zero-order chi connectivity index (χ0) is 24.1. The summed E-state index contributed by atoms with van der Waals surface area (Å²) < 4.78 is 19.2. The third-order valence-electron chi connectivity index (χ3n) is 4.89. The van der Waals surface area contributed by atoms with Crippen LogP contribution in [0, 0.1) is 7.14 Å². The van der Waals surface area contributed by atoms with Crippen molar-refractivity contribution in [2.75, 3.05) is 13.2 Å². The van der Waals surface area contributed by atoms with Crippen LogP contribution < -0.4 is 9.47 Å². The van der Waals surface area contributed by atoms with Crippen molar-refractivity contribution in [3.63, 3.8) is 0 Å². The van der Waals surface area contributed by atoms with Crippen molar-refractivity contribution in [2.45, 2.75) is 13.3 Å². The Morgan fingerprint density at radius 2 is 1.85 bits per heavy atom. The Kier molecular flexibility index (Phi) is 8.49. The molecule has 0 saturated carbocycles. The number of esters is 1. The first-order valence-corrected chi connectivity index (χ1v) is 13.1. The molecule has 0 saturated heterocycles. The summed E-state index contributed by atoms with van der Waals surface area (Å²) in [6.45, 7) is 2.93. The number of halogens is 3. The SMILES string of the molecule is CCOc1cc(/C=C2\N=C(c3cc(I)ccc3Cl)OC2=O)cc(I)c1OCCc1ccccc1. The zero-order valence-electron chi connectivity index (χ0n) is 18.2. The standard InChI is InChI=1S/C26H20ClI2NO4/c1-2-32-23-14-17(12-21(29)24(23)33-11-10-16-6-4-3-5-7-16)13-22-26(31)34-25(30-22)19-15-18(28)8-9-20(19)27/h3-9,12-15H,2,10-11H2,1H3/b22-13-. The van der Waals surface area contributed by atoms with Gasteiger partial charge in [-0.15, -0.1) is 0 Å². The van der Waals surface area contributed by atoms with Gasteiger partial charge in [0.2, 0.25) is 5.90 Å². The van der Waals surface area contributed by atoms with Gasteiger partial charge in [0.15, 0.2) is 17.2 Å². The van der Waals surface area contributed by atoms with Gasteiger partial charge in [-0.3, -0.25) is 0 Å². The third kappa shape index (κ3) is 6.11. The molecular formula is C26H20ClI2NO4. The van der Waals surface area contributed by atoms with E-state index in [-0.39, 0.29) is 11.6 Å². The number of aliphatic imine (C=N–C) groups is 1. The van der Waals surface area contributed by atoms with Crippen LogP contribution in [-0.4, -0.2) is 25.1 Å². The van der Waals surface area contributed by atoms with Crippen LogP contribution >= 0.6 is 56.8 Å². The van der Waals surface area contributed by atoms with E-state index in [4.69, 9.17) is 25.8 Å². The van der Waals surface area contributed by atoms with E-state index in [0.717, 1.165) is 19.1 Å². The van der Waals surface area contributed by atoms with E-state index in [1.807, 2.05) is 49.4 Å². The maximum Gasteiger partial charge on any atom is 0.363 e. The van der Waals surface area contributed by atoms with E-state index in [2.05, 4.69) is 62.3 Å². The summed E-state index contributed by atoms with van der Waals surface area (Å²) in [5, 5.41) is 0.471. The smallest absolute Gasteiger partial charge is 0.363 e. The first kappa shape index (κ1) is 25.0. The molecule has 4 rings (SSSR count). The summed E-state index contributed by atoms with van der Waals surface area (Å²) in [7, 11) is 0. The number of cyclic esters (lactones) is 1. The van der Waals surface area contributed by atoms with Gasteiger partial charge in [-0.25, -0.2) is 9.79 Å². The molecule has 0 bridgehead atoms. The fourth-order valence-corrected chi connectivity index (χ4v) is 4.80. The zero-order valence-corrected chi connectivity index (χ0v) is 23.3. The second-order valence-electron chi connectivity index (χ2n) is 7.31. The van der Waals surface area contributed by atoms with Crippen LogP contribution in [0.25, 0.3) is 6.08 Å². The summed E-state index contributed by atoms with van der Waals surface area (Å²) in [4.78, 5) is 16.9. The van der Waals surface area contributed by atoms with E-state index in [1.54, 1.807) is 12.1 Å². The molecule has 174 valence electrons. The Labute approximate surface area is 230 Å². The number of rotatable bonds is 8. The molecular weight excluding hydrogens is 680 g/mol. The van der Waals surface area contributed by atoms with Gasteiger partial charge in [0.1, 0.15) is 0 Å². The van der Waals surface area contributed by atoms with E-state index in [9.17, 15) is 4.79 Å². The van der Waals surface area contributed by atoms with E-state index in [0.29, 0.717) is 35.3 Å². The predicted octanol–water partition coefficient (Wildman–Crippen LogP) is 6.91. The Bertz CT molecular complexity index is 1280. The Balaban J connectivity index is 1.58. The molecule has 0 aliphatic carbocycles. The number of benzene rings is 3. The molecule has 0 atom stereocenters. The monoisotopic (exact) mass is 699 g/mol. The summed E-state index contributed by atoms with van der Waals surface area (Å²) in [6, 6.07) is 19.4. The molecule has 3 aromatic rings. The number of hydrogen-bond donors (Lipinski definition) is 0. The van der Waals surface area contributed by atoms with E-state index < -0.39 is 5.97 Å². The van der Waals surface area contributed by atoms with Gasteiger partial charge in [-0.2, -0.15) is 0 Å². The van der Waals surface area contributed by atoms with Gasteiger partial charge in [0, 0.05) is 9.99 Å². The Morgan fingerprint density at radius 1 is 1.06 bits per heavy atom. The lowest BCUT2D eigenvalue weighted by Crippen LogP contribution is -2.06. The van der Waals surface area contributed by atoms with Gasteiger partial charge in [0.05, 0.1) is 27.4 Å². The van der Waals surface area contributed by atoms with Crippen molar-refractivity contribution < 1.29 is 19.0 Å². The molecule has 0 aromatic heterocycles. The topological polar surface area (TPSA) is 57.1 Å². The van der Waals surface area contributed by atoms with Crippen molar-refractivity contribution in [1.82, 2.24) is 0 Å². The average Bonchev–Trinajstić information content (AvgIpc) is 3.18. The Morgan fingerprint density at radius 3 is 2.62 bits per heavy atom. The fraction of sp³-hybridized carbons (Fsp3) is 0.154. The molecule has 1 aliphatic rings. The van der Waals surface area contributed by atoms with Crippen LogP contribution in [0.3, 0.4) is 0 Å². The highest BCUT2D eigenvalue weighted by Gasteiger charge is 2.26. The minimum absolute atomic E-state index is 0.195. The van der Waals surface area contributed by atoms with Crippen LogP contribution in [0.4, 0.5) is 0 Å². The molecule has 34 heavy (non-hydrogen) atoms. The molecule has 1 aliphatic heterocycles. The molecule has 0 radical (unpaired) electrons. The maximum absolute atomic E-state index is 12.5. The Hall–Kier alpha value is -2.11. The van der Waals surface area contributed by atoms with Gasteiger partial charge in [0.25, 0.3) is 0 Å². The molecule has 0 N–H and O–H groups in total. The summed E-state index contributed by atoms with van der Waals surface area (Å²) in [5.74, 6) is 0.969. The van der Waals surface area contributed by atoms with Crippen LogP contribution in [0.1, 0.15) is 23.6 Å². The van der Waals surface area contributed by atoms with Crippen LogP contribution in [0.2, 0.25) is 5.02 Å². The minimum Gasteiger partial charge on any atom is -0.490 e. The first-order chi connectivity index (χ1) is 16.4. The molecule has 0 fully saturated rings. The predicted molar refractivity (Wildman–Crippen MR) is 151 cm³/mol. The highest BCUT2D eigenvalue weighted by Crippen LogP contribution is 2.35. The molecule has 8 heteroatoms. The number of carbonyl (C=O) groups is 1. The molecule has 0 unspecified atom stereocenters. The fourth-order valence-electron chi connectivity index (χ4n) is 3.33. The molecule has 0 amide bonds. The summed E-state index contributed by atoms with van der Waals surface area (Å²) >= 11 is 10.7. The van der Waals surface area contributed by atoms with Crippen molar-refractivity contribution in [2.24, 2.45) is 4.99 Å². The van der Waals surface area contributed by atoms with Crippen LogP contribution in [-0.2, 0) is 16.0 Å². The average molecular weight is 700 g/mol. The lowest BCUT2D eigenvalue weighted by molar-refractivity contribution is -0.129. The second kappa shape index (κ2) is 11.5. The second-order valence-corrected chi connectivity index (χ2v) is 10.1. The van der Waals surface area contributed by atoms with Gasteiger partial charge < -0.3 is 14.2 Å². The van der Waals surface area contributed by atoms with Crippen molar-refractivity contribution in [1.29, 1.82) is 0 Å². The lowest BCUT2D eigenvalue weighted by Gasteiger charge is -2.15. The van der Waals surface area contributed by atoms with Gasteiger partial charge in [-0.1, -0.05) is 41.9 Å². The molecule has 0 spiro atoms. The van der Waals surface area contributed by atoms with Crippen LogP contribution in [0.5, 0.6) is 11.5 Å². The highest BCUT2D eigenvalue weighted by atomic mass is 127. The molecule has 5 nitrogen and oxygen atoms in total. The number of nitrogens with zero attached hydrogens (tertiary/aromatic N) is 1. The van der Waals surface area contributed by atoms with Crippen molar-refractivity contribution in [3.8, 4) is 11.5 Å². The molecule has 3 aromatic carbocycles. The lowest BCUT2D eigenvalue weighted by atomic mass is 10.1. The third-order valence-corrected chi connectivity index (χ3v) is 6.70. The maximum atomic E-state index is 12.5.